The second-order valence-electron chi connectivity index (χ2n) is 6.73. The number of carbonyl (C=O) groups excluding carboxylic acids is 2. The second-order valence-corrected chi connectivity index (χ2v) is 7.73. The minimum Gasteiger partial charge on any atom is -0.480 e. The molecule has 7 heteroatoms. The number of aliphatic carboxylic acids is 1. The summed E-state index contributed by atoms with van der Waals surface area (Å²) in [6.45, 7) is 7.85. The third-order valence-corrected chi connectivity index (χ3v) is 4.62. The van der Waals surface area contributed by atoms with E-state index in [0.29, 0.717) is 30.9 Å². The van der Waals surface area contributed by atoms with Crippen molar-refractivity contribution in [2.24, 2.45) is 5.41 Å². The molecule has 1 aliphatic rings. The summed E-state index contributed by atoms with van der Waals surface area (Å²) < 4.78 is 0. The Labute approximate surface area is 136 Å². The molecule has 0 spiro atoms. The molecule has 1 heterocycles. The van der Waals surface area contributed by atoms with Crippen LogP contribution in [0.4, 0.5) is 0 Å². The number of carboxylic acid groups (broad SMARTS) is 1. The van der Waals surface area contributed by atoms with Crippen molar-refractivity contribution in [3.05, 3.63) is 0 Å². The van der Waals surface area contributed by atoms with E-state index in [-0.39, 0.29) is 17.2 Å². The van der Waals surface area contributed by atoms with Crippen molar-refractivity contribution in [3.8, 4) is 0 Å². The lowest BCUT2D eigenvalue weighted by Crippen LogP contribution is -2.51. The first kappa shape index (κ1) is 18.8. The van der Waals surface area contributed by atoms with Crippen LogP contribution in [0.15, 0.2) is 0 Å². The van der Waals surface area contributed by atoms with Gasteiger partial charge in [-0.2, -0.15) is 0 Å². The van der Waals surface area contributed by atoms with Gasteiger partial charge in [0.25, 0.3) is 0 Å². The summed E-state index contributed by atoms with van der Waals surface area (Å²) in [6, 6.07) is -1.47. The predicted octanol–water partition coefficient (Wildman–Crippen LogP) is 1.69. The van der Waals surface area contributed by atoms with E-state index >= 15 is 0 Å². The summed E-state index contributed by atoms with van der Waals surface area (Å²) >= 11 is 1.51. The van der Waals surface area contributed by atoms with Crippen molar-refractivity contribution < 1.29 is 19.5 Å². The van der Waals surface area contributed by atoms with E-state index in [1.54, 1.807) is 6.92 Å². The van der Waals surface area contributed by atoms with Crippen LogP contribution >= 0.6 is 11.8 Å². The molecule has 1 rings (SSSR count). The molecule has 126 valence electrons. The Balaban J connectivity index is 2.66. The smallest absolute Gasteiger partial charge is 0.326 e. The standard InChI is InChI=1S/C15H26N2O4S/c1-5-12(18)17-9-22-8-11(17)13(19)16-10(14(20)21)6-7-15(2,3)4/h10-11H,5-9H2,1-4H3,(H,16,19)(H,20,21). The lowest BCUT2D eigenvalue weighted by molar-refractivity contribution is -0.144. The molecule has 0 radical (unpaired) electrons. The molecule has 2 unspecified atom stereocenters. The van der Waals surface area contributed by atoms with E-state index < -0.39 is 18.1 Å². The number of hydrogen-bond donors (Lipinski definition) is 2. The Morgan fingerprint density at radius 2 is 2.00 bits per heavy atom. The normalized spacial score (nSPS) is 19.8. The largest absolute Gasteiger partial charge is 0.480 e. The molecule has 1 aliphatic heterocycles. The molecule has 2 amide bonds. The predicted molar refractivity (Wildman–Crippen MR) is 86.5 cm³/mol. The van der Waals surface area contributed by atoms with Crippen LogP contribution in [0.25, 0.3) is 0 Å². The van der Waals surface area contributed by atoms with Gasteiger partial charge >= 0.3 is 5.97 Å². The summed E-state index contributed by atoms with van der Waals surface area (Å²) in [4.78, 5) is 37.0. The van der Waals surface area contributed by atoms with Crippen molar-refractivity contribution >= 4 is 29.5 Å². The van der Waals surface area contributed by atoms with Crippen LogP contribution in [0.1, 0.15) is 47.0 Å². The lowest BCUT2D eigenvalue weighted by Gasteiger charge is -2.26. The Hall–Kier alpha value is -1.24. The zero-order chi connectivity index (χ0) is 16.9. The van der Waals surface area contributed by atoms with Crippen LogP contribution in [0.2, 0.25) is 0 Å². The molecule has 2 N–H and O–H groups in total. The average molecular weight is 330 g/mol. The van der Waals surface area contributed by atoms with Crippen LogP contribution in [0.3, 0.4) is 0 Å². The first-order valence-corrected chi connectivity index (χ1v) is 8.71. The highest BCUT2D eigenvalue weighted by atomic mass is 32.2. The van der Waals surface area contributed by atoms with Gasteiger partial charge in [0.1, 0.15) is 12.1 Å². The van der Waals surface area contributed by atoms with Crippen LogP contribution < -0.4 is 5.32 Å². The minimum absolute atomic E-state index is 0.00580. The van der Waals surface area contributed by atoms with Gasteiger partial charge in [-0.3, -0.25) is 9.59 Å². The highest BCUT2D eigenvalue weighted by Crippen LogP contribution is 2.24. The number of carboxylic acids is 1. The molecular formula is C15H26N2O4S. The van der Waals surface area contributed by atoms with Gasteiger partial charge in [0.2, 0.25) is 11.8 Å². The monoisotopic (exact) mass is 330 g/mol. The molecule has 1 saturated heterocycles. The zero-order valence-corrected chi connectivity index (χ0v) is 14.5. The van der Waals surface area contributed by atoms with Crippen molar-refractivity contribution in [1.82, 2.24) is 10.2 Å². The zero-order valence-electron chi connectivity index (χ0n) is 13.7. The van der Waals surface area contributed by atoms with Gasteiger partial charge in [0, 0.05) is 12.2 Å². The summed E-state index contributed by atoms with van der Waals surface area (Å²) in [5.41, 5.74) is 0.00580. The minimum atomic E-state index is -1.03. The maximum Gasteiger partial charge on any atom is 0.326 e. The molecule has 0 aromatic heterocycles. The molecule has 0 saturated carbocycles. The van der Waals surface area contributed by atoms with Crippen molar-refractivity contribution in [2.75, 3.05) is 11.6 Å². The van der Waals surface area contributed by atoms with E-state index in [9.17, 15) is 19.5 Å². The highest BCUT2D eigenvalue weighted by Gasteiger charge is 2.35. The molecule has 0 aromatic rings. The van der Waals surface area contributed by atoms with Crippen LogP contribution in [-0.4, -0.2) is 51.5 Å². The van der Waals surface area contributed by atoms with Gasteiger partial charge in [-0.15, -0.1) is 11.8 Å². The maximum absolute atomic E-state index is 12.3. The number of nitrogens with one attached hydrogen (secondary N) is 1. The Morgan fingerprint density at radius 3 is 2.50 bits per heavy atom. The van der Waals surface area contributed by atoms with E-state index in [2.05, 4.69) is 5.32 Å². The number of carbonyl (C=O) groups is 3. The number of hydrogen-bond acceptors (Lipinski definition) is 4. The molecular weight excluding hydrogens is 304 g/mol. The molecule has 2 atom stereocenters. The van der Waals surface area contributed by atoms with E-state index in [1.165, 1.54) is 16.7 Å². The Bertz CT molecular complexity index is 434. The number of amides is 2. The fourth-order valence-corrected chi connectivity index (χ4v) is 3.39. The highest BCUT2D eigenvalue weighted by molar-refractivity contribution is 7.99. The fourth-order valence-electron chi connectivity index (χ4n) is 2.21. The molecule has 0 aliphatic carbocycles. The summed E-state index contributed by atoms with van der Waals surface area (Å²) in [5, 5.41) is 11.9. The molecule has 0 aromatic carbocycles. The van der Waals surface area contributed by atoms with Gasteiger partial charge in [-0.05, 0) is 18.3 Å². The lowest BCUT2D eigenvalue weighted by atomic mass is 9.88. The van der Waals surface area contributed by atoms with Crippen LogP contribution in [0, 0.1) is 5.41 Å². The number of thioether (sulfide) groups is 1. The maximum atomic E-state index is 12.3. The SMILES string of the molecule is CCC(=O)N1CSCC1C(=O)NC(CCC(C)(C)C)C(=O)O. The van der Waals surface area contributed by atoms with Gasteiger partial charge in [-0.1, -0.05) is 27.7 Å². The molecule has 1 fully saturated rings. The van der Waals surface area contributed by atoms with Gasteiger partial charge in [0.15, 0.2) is 0 Å². The van der Waals surface area contributed by atoms with Crippen LogP contribution in [-0.2, 0) is 14.4 Å². The Kier molecular flexibility index (Phi) is 6.71. The first-order chi connectivity index (χ1) is 10.2. The summed E-state index contributed by atoms with van der Waals surface area (Å²) in [5.74, 6) is -0.468. The quantitative estimate of drug-likeness (QED) is 0.774. The number of rotatable bonds is 6. The summed E-state index contributed by atoms with van der Waals surface area (Å²) in [7, 11) is 0. The fraction of sp³-hybridized carbons (Fsp3) is 0.800. The number of nitrogens with zero attached hydrogens (tertiary/aromatic N) is 1. The Morgan fingerprint density at radius 1 is 1.36 bits per heavy atom. The van der Waals surface area contributed by atoms with Crippen LogP contribution in [0.5, 0.6) is 0 Å². The van der Waals surface area contributed by atoms with Crippen molar-refractivity contribution in [1.29, 1.82) is 0 Å². The van der Waals surface area contributed by atoms with Crippen molar-refractivity contribution in [2.45, 2.75) is 59.0 Å². The van der Waals surface area contributed by atoms with Gasteiger partial charge in [0.05, 0.1) is 5.88 Å². The third-order valence-electron chi connectivity index (χ3n) is 3.61. The first-order valence-electron chi connectivity index (χ1n) is 7.56. The molecule has 6 nitrogen and oxygen atoms in total. The van der Waals surface area contributed by atoms with Gasteiger partial charge < -0.3 is 15.3 Å². The molecule has 0 bridgehead atoms. The average Bonchev–Trinajstić information content (AvgIpc) is 2.90. The van der Waals surface area contributed by atoms with E-state index in [0.717, 1.165) is 0 Å². The second kappa shape index (κ2) is 7.85. The van der Waals surface area contributed by atoms with Gasteiger partial charge in [-0.25, -0.2) is 4.79 Å². The molecule has 22 heavy (non-hydrogen) atoms. The summed E-state index contributed by atoms with van der Waals surface area (Å²) in [6.07, 6.45) is 1.42. The van der Waals surface area contributed by atoms with Crippen molar-refractivity contribution in [3.63, 3.8) is 0 Å². The van der Waals surface area contributed by atoms with E-state index in [1.807, 2.05) is 20.8 Å². The topological polar surface area (TPSA) is 86.7 Å². The third kappa shape index (κ3) is 5.51. The van der Waals surface area contributed by atoms with E-state index in [4.69, 9.17) is 0 Å².